The molecule has 0 atom stereocenters. The van der Waals surface area contributed by atoms with Gasteiger partial charge in [0.05, 0.1) is 5.52 Å². The molecule has 0 aliphatic heterocycles. The molecule has 1 fully saturated rings. The van der Waals surface area contributed by atoms with Gasteiger partial charge in [-0.1, -0.05) is 35.9 Å². The minimum atomic E-state index is 0.697. The summed E-state index contributed by atoms with van der Waals surface area (Å²) in [4.78, 5) is 11.9. The molecule has 4 rings (SSSR count). The minimum absolute atomic E-state index is 0.697. The molecule has 1 heterocycles. The summed E-state index contributed by atoms with van der Waals surface area (Å²) in [6.45, 7) is 3.05. The van der Waals surface area contributed by atoms with Crippen LogP contribution in [0.25, 0.3) is 22.0 Å². The van der Waals surface area contributed by atoms with Crippen LogP contribution in [0.4, 0.5) is 11.8 Å². The van der Waals surface area contributed by atoms with Gasteiger partial charge in [-0.05, 0) is 75.9 Å². The van der Waals surface area contributed by atoms with E-state index < -0.39 is 0 Å². The third-order valence-corrected chi connectivity index (χ3v) is 6.41. The van der Waals surface area contributed by atoms with Crippen LogP contribution in [0.1, 0.15) is 31.2 Å². The summed E-state index contributed by atoms with van der Waals surface area (Å²) < 4.78 is 0. The van der Waals surface area contributed by atoms with Gasteiger partial charge in [0.2, 0.25) is 5.95 Å². The fourth-order valence-electron chi connectivity index (χ4n) is 4.42. The van der Waals surface area contributed by atoms with Gasteiger partial charge in [0.1, 0.15) is 5.82 Å². The summed E-state index contributed by atoms with van der Waals surface area (Å²) in [7, 11) is 6.30. The molecule has 5 nitrogen and oxygen atoms in total. The smallest absolute Gasteiger partial charge is 0.225 e. The molecule has 0 bridgehead atoms. The number of aromatic nitrogens is 2. The van der Waals surface area contributed by atoms with Crippen molar-refractivity contribution >= 4 is 22.7 Å². The Morgan fingerprint density at radius 3 is 2.30 bits per heavy atom. The Morgan fingerprint density at radius 1 is 0.933 bits per heavy atom. The fraction of sp³-hybridized carbons (Fsp3) is 0.440. The number of benzene rings is 2. The normalized spacial score (nSPS) is 19.2. The minimum Gasteiger partial charge on any atom is -0.372 e. The quantitative estimate of drug-likeness (QED) is 0.594. The van der Waals surface area contributed by atoms with Crippen LogP contribution < -0.4 is 10.6 Å². The predicted octanol–water partition coefficient (Wildman–Crippen LogP) is 5.18. The number of hydrogen-bond acceptors (Lipinski definition) is 5. The van der Waals surface area contributed by atoms with Gasteiger partial charge >= 0.3 is 0 Å². The van der Waals surface area contributed by atoms with E-state index in [1.54, 1.807) is 0 Å². The lowest BCUT2D eigenvalue weighted by Gasteiger charge is -2.32. The number of aryl methyl sites for hydroxylation is 1. The molecule has 0 radical (unpaired) electrons. The molecule has 1 aliphatic rings. The maximum Gasteiger partial charge on any atom is 0.225 e. The number of rotatable bonds is 6. The standard InChI is InChI=1S/C25H33N5/c1-17-5-9-19(10-6-17)20-11-14-23-22(15-20)24(26-2)29-25(28-23)27-16-18-7-12-21(13-8-18)30(3)4/h5-6,9-11,14-15,18,21H,7-8,12-13,16H2,1-4H3,(H2,26,27,28,29)/t18-,21-. The Morgan fingerprint density at radius 2 is 1.63 bits per heavy atom. The predicted molar refractivity (Wildman–Crippen MR) is 127 cm³/mol. The molecule has 158 valence electrons. The molecule has 1 saturated carbocycles. The highest BCUT2D eigenvalue weighted by Gasteiger charge is 2.22. The molecular weight excluding hydrogens is 370 g/mol. The molecule has 2 N–H and O–H groups in total. The second-order valence-electron chi connectivity index (χ2n) is 8.76. The Labute approximate surface area is 179 Å². The van der Waals surface area contributed by atoms with Gasteiger partial charge in [-0.3, -0.25) is 0 Å². The van der Waals surface area contributed by atoms with Crippen molar-refractivity contribution in [1.82, 2.24) is 14.9 Å². The van der Waals surface area contributed by atoms with Crippen LogP contribution in [0.2, 0.25) is 0 Å². The third kappa shape index (κ3) is 4.57. The lowest BCUT2D eigenvalue weighted by atomic mass is 9.85. The van der Waals surface area contributed by atoms with Crippen LogP contribution >= 0.6 is 0 Å². The van der Waals surface area contributed by atoms with E-state index in [0.717, 1.165) is 29.3 Å². The van der Waals surface area contributed by atoms with Crippen molar-refractivity contribution in [3.8, 4) is 11.1 Å². The van der Waals surface area contributed by atoms with E-state index in [2.05, 4.69) is 79.0 Å². The maximum absolute atomic E-state index is 4.79. The van der Waals surface area contributed by atoms with Crippen molar-refractivity contribution < 1.29 is 0 Å². The van der Waals surface area contributed by atoms with E-state index in [1.807, 2.05) is 7.05 Å². The summed E-state index contributed by atoms with van der Waals surface area (Å²) in [5, 5.41) is 7.81. The first-order chi connectivity index (χ1) is 14.5. The van der Waals surface area contributed by atoms with Gasteiger partial charge in [-0.2, -0.15) is 4.98 Å². The number of anilines is 2. The summed E-state index contributed by atoms with van der Waals surface area (Å²) in [6.07, 6.45) is 5.09. The van der Waals surface area contributed by atoms with E-state index in [9.17, 15) is 0 Å². The van der Waals surface area contributed by atoms with Gasteiger partial charge in [-0.25, -0.2) is 4.98 Å². The van der Waals surface area contributed by atoms with Crippen molar-refractivity contribution in [2.75, 3.05) is 38.3 Å². The fourth-order valence-corrected chi connectivity index (χ4v) is 4.42. The zero-order valence-corrected chi connectivity index (χ0v) is 18.6. The summed E-state index contributed by atoms with van der Waals surface area (Å²) in [6, 6.07) is 15.8. The SMILES string of the molecule is CNc1nc(NC[C@H]2CC[C@H](N(C)C)CC2)nc2ccc(-c3ccc(C)cc3)cc12. The molecule has 0 saturated heterocycles. The Kier molecular flexibility index (Phi) is 6.18. The second-order valence-corrected chi connectivity index (χ2v) is 8.76. The molecule has 1 aliphatic carbocycles. The van der Waals surface area contributed by atoms with E-state index >= 15 is 0 Å². The van der Waals surface area contributed by atoms with Crippen LogP contribution in [0.3, 0.4) is 0 Å². The highest BCUT2D eigenvalue weighted by atomic mass is 15.1. The van der Waals surface area contributed by atoms with Crippen molar-refractivity contribution in [3.05, 3.63) is 48.0 Å². The van der Waals surface area contributed by atoms with Gasteiger partial charge in [0.25, 0.3) is 0 Å². The van der Waals surface area contributed by atoms with Gasteiger partial charge in [0, 0.05) is 25.0 Å². The molecule has 5 heteroatoms. The second kappa shape index (κ2) is 9.00. The topological polar surface area (TPSA) is 53.1 Å². The Hall–Kier alpha value is -2.66. The molecule has 2 aromatic carbocycles. The average Bonchev–Trinajstić information content (AvgIpc) is 2.77. The first-order valence-corrected chi connectivity index (χ1v) is 11.0. The van der Waals surface area contributed by atoms with Crippen molar-refractivity contribution in [2.24, 2.45) is 5.92 Å². The van der Waals surface area contributed by atoms with Crippen LogP contribution in [-0.2, 0) is 0 Å². The number of fused-ring (bicyclic) bond motifs is 1. The molecule has 0 spiro atoms. The molecule has 30 heavy (non-hydrogen) atoms. The van der Waals surface area contributed by atoms with Crippen molar-refractivity contribution in [3.63, 3.8) is 0 Å². The molecule has 1 aromatic heterocycles. The summed E-state index contributed by atoms with van der Waals surface area (Å²) in [5.74, 6) is 2.28. The third-order valence-electron chi connectivity index (χ3n) is 6.41. The van der Waals surface area contributed by atoms with Crippen LogP contribution in [-0.4, -0.2) is 48.6 Å². The van der Waals surface area contributed by atoms with E-state index in [4.69, 9.17) is 9.97 Å². The van der Waals surface area contributed by atoms with E-state index in [-0.39, 0.29) is 0 Å². The van der Waals surface area contributed by atoms with Crippen LogP contribution in [0, 0.1) is 12.8 Å². The zero-order chi connectivity index (χ0) is 21.1. The first-order valence-electron chi connectivity index (χ1n) is 11.0. The summed E-state index contributed by atoms with van der Waals surface area (Å²) >= 11 is 0. The van der Waals surface area contributed by atoms with E-state index in [1.165, 1.54) is 42.4 Å². The molecule has 0 unspecified atom stereocenters. The highest BCUT2D eigenvalue weighted by Crippen LogP contribution is 2.30. The molecule has 3 aromatic rings. The molecular formula is C25H33N5. The lowest BCUT2D eigenvalue weighted by molar-refractivity contribution is 0.198. The maximum atomic E-state index is 4.79. The van der Waals surface area contributed by atoms with Gasteiger partial charge < -0.3 is 15.5 Å². The monoisotopic (exact) mass is 403 g/mol. The van der Waals surface area contributed by atoms with Gasteiger partial charge in [0.15, 0.2) is 0 Å². The first kappa shape index (κ1) is 20.6. The average molecular weight is 404 g/mol. The van der Waals surface area contributed by atoms with Crippen LogP contribution in [0.5, 0.6) is 0 Å². The highest BCUT2D eigenvalue weighted by molar-refractivity contribution is 5.93. The Balaban J connectivity index is 1.50. The molecule has 0 amide bonds. The number of nitrogens with one attached hydrogen (secondary N) is 2. The largest absolute Gasteiger partial charge is 0.372 e. The van der Waals surface area contributed by atoms with Crippen molar-refractivity contribution in [2.45, 2.75) is 38.6 Å². The summed E-state index contributed by atoms with van der Waals surface area (Å²) in [5.41, 5.74) is 4.62. The number of hydrogen-bond donors (Lipinski definition) is 2. The van der Waals surface area contributed by atoms with Crippen LogP contribution in [0.15, 0.2) is 42.5 Å². The van der Waals surface area contributed by atoms with E-state index in [0.29, 0.717) is 11.9 Å². The Bertz CT molecular complexity index is 988. The number of nitrogens with zero attached hydrogens (tertiary/aromatic N) is 3. The zero-order valence-electron chi connectivity index (χ0n) is 18.6. The van der Waals surface area contributed by atoms with Gasteiger partial charge in [-0.15, -0.1) is 0 Å². The lowest BCUT2D eigenvalue weighted by Crippen LogP contribution is -2.33. The van der Waals surface area contributed by atoms with Crippen molar-refractivity contribution in [1.29, 1.82) is 0 Å².